The second kappa shape index (κ2) is 7.72. The predicted octanol–water partition coefficient (Wildman–Crippen LogP) is 3.13. The molecule has 0 spiro atoms. The summed E-state index contributed by atoms with van der Waals surface area (Å²) in [7, 11) is 3.74. The topological polar surface area (TPSA) is 32.7 Å². The standard InChI is InChI=1S/C17H19NO2S/c1-18(14-6-8-15(20-2)9-7-14)13-17-11-10-16(21-17)5-3-4-12-19/h6-11,19H,4,12-13H2,1-2H3. The van der Waals surface area contributed by atoms with E-state index in [4.69, 9.17) is 9.84 Å². The first-order valence-electron chi connectivity index (χ1n) is 6.76. The van der Waals surface area contributed by atoms with Gasteiger partial charge in [-0.05, 0) is 36.4 Å². The molecule has 4 heteroatoms. The Morgan fingerprint density at radius 3 is 2.62 bits per heavy atom. The number of hydrogen-bond donors (Lipinski definition) is 1. The second-order valence-corrected chi connectivity index (χ2v) is 5.76. The molecule has 0 aliphatic carbocycles. The first-order valence-corrected chi connectivity index (χ1v) is 7.58. The Morgan fingerprint density at radius 2 is 1.95 bits per heavy atom. The molecule has 0 aliphatic heterocycles. The van der Waals surface area contributed by atoms with Gasteiger partial charge in [-0.25, -0.2) is 0 Å². The van der Waals surface area contributed by atoms with Crippen LogP contribution in [0.3, 0.4) is 0 Å². The van der Waals surface area contributed by atoms with Gasteiger partial charge in [0.25, 0.3) is 0 Å². The molecule has 1 aromatic heterocycles. The quantitative estimate of drug-likeness (QED) is 0.861. The number of aliphatic hydroxyl groups excluding tert-OH is 1. The fourth-order valence-corrected chi connectivity index (χ4v) is 2.83. The summed E-state index contributed by atoms with van der Waals surface area (Å²) in [4.78, 5) is 4.50. The summed E-state index contributed by atoms with van der Waals surface area (Å²) in [5.74, 6) is 6.88. The number of nitrogens with zero attached hydrogens (tertiary/aromatic N) is 1. The van der Waals surface area contributed by atoms with Crippen molar-refractivity contribution in [2.24, 2.45) is 0 Å². The molecule has 0 fully saturated rings. The van der Waals surface area contributed by atoms with Gasteiger partial charge in [-0.3, -0.25) is 0 Å². The highest BCUT2D eigenvalue weighted by Crippen LogP contribution is 2.22. The fraction of sp³-hybridized carbons (Fsp3) is 0.294. The van der Waals surface area contributed by atoms with E-state index in [1.54, 1.807) is 18.4 Å². The molecule has 2 aromatic rings. The van der Waals surface area contributed by atoms with Gasteiger partial charge in [-0.1, -0.05) is 11.8 Å². The minimum Gasteiger partial charge on any atom is -0.497 e. The fourth-order valence-electron chi connectivity index (χ4n) is 1.90. The number of anilines is 1. The molecule has 3 nitrogen and oxygen atoms in total. The Kier molecular flexibility index (Phi) is 5.68. The van der Waals surface area contributed by atoms with Crippen LogP contribution >= 0.6 is 11.3 Å². The van der Waals surface area contributed by atoms with E-state index >= 15 is 0 Å². The van der Waals surface area contributed by atoms with E-state index in [1.807, 2.05) is 18.2 Å². The van der Waals surface area contributed by atoms with E-state index < -0.39 is 0 Å². The van der Waals surface area contributed by atoms with Gasteiger partial charge in [-0.2, -0.15) is 0 Å². The van der Waals surface area contributed by atoms with Crippen molar-refractivity contribution in [1.82, 2.24) is 0 Å². The van der Waals surface area contributed by atoms with Gasteiger partial charge in [0.2, 0.25) is 0 Å². The molecular formula is C17H19NO2S. The van der Waals surface area contributed by atoms with Crippen molar-refractivity contribution in [3.8, 4) is 17.6 Å². The third kappa shape index (κ3) is 4.52. The van der Waals surface area contributed by atoms with Crippen molar-refractivity contribution < 1.29 is 9.84 Å². The third-order valence-electron chi connectivity index (χ3n) is 3.02. The minimum absolute atomic E-state index is 0.117. The first-order chi connectivity index (χ1) is 10.2. The molecule has 110 valence electrons. The number of rotatable bonds is 5. The molecule has 0 radical (unpaired) electrons. The van der Waals surface area contributed by atoms with Crippen LogP contribution in [0.25, 0.3) is 0 Å². The van der Waals surface area contributed by atoms with Crippen LogP contribution in [0.15, 0.2) is 36.4 Å². The number of ether oxygens (including phenoxy) is 1. The van der Waals surface area contributed by atoms with Crippen LogP contribution in [0.5, 0.6) is 5.75 Å². The van der Waals surface area contributed by atoms with Crippen LogP contribution in [0.4, 0.5) is 5.69 Å². The summed E-state index contributed by atoms with van der Waals surface area (Å²) >= 11 is 1.69. The second-order valence-electron chi connectivity index (χ2n) is 4.60. The lowest BCUT2D eigenvalue weighted by atomic mass is 10.2. The normalized spacial score (nSPS) is 9.86. The molecule has 1 aromatic carbocycles. The maximum Gasteiger partial charge on any atom is 0.119 e. The number of hydrogen-bond acceptors (Lipinski definition) is 4. The monoisotopic (exact) mass is 301 g/mol. The molecule has 0 atom stereocenters. The van der Waals surface area contributed by atoms with Crippen molar-refractivity contribution in [3.05, 3.63) is 46.2 Å². The summed E-state index contributed by atoms with van der Waals surface area (Å²) in [6.07, 6.45) is 0.527. The van der Waals surface area contributed by atoms with Gasteiger partial charge in [0.15, 0.2) is 0 Å². The maximum atomic E-state index is 8.72. The Labute approximate surface area is 129 Å². The summed E-state index contributed by atoms with van der Waals surface area (Å²) < 4.78 is 5.17. The summed E-state index contributed by atoms with van der Waals surface area (Å²) in [6.45, 7) is 0.962. The molecular weight excluding hydrogens is 282 g/mol. The zero-order valence-electron chi connectivity index (χ0n) is 12.3. The molecule has 1 heterocycles. The zero-order valence-corrected chi connectivity index (χ0v) is 13.1. The average molecular weight is 301 g/mol. The van der Waals surface area contributed by atoms with Gasteiger partial charge in [0, 0.05) is 24.0 Å². The predicted molar refractivity (Wildman–Crippen MR) is 88.0 cm³/mol. The summed E-state index contributed by atoms with van der Waals surface area (Å²) in [6, 6.07) is 12.2. The number of benzene rings is 1. The van der Waals surface area contributed by atoms with Crippen LogP contribution in [-0.2, 0) is 6.54 Å². The first kappa shape index (κ1) is 15.4. The van der Waals surface area contributed by atoms with Gasteiger partial charge in [0.05, 0.1) is 25.1 Å². The van der Waals surface area contributed by atoms with Crippen molar-refractivity contribution in [3.63, 3.8) is 0 Å². The Morgan fingerprint density at radius 1 is 1.19 bits per heavy atom. The van der Waals surface area contributed by atoms with Gasteiger partial charge in [0.1, 0.15) is 5.75 Å². The highest BCUT2D eigenvalue weighted by molar-refractivity contribution is 7.12. The van der Waals surface area contributed by atoms with Crippen LogP contribution in [0, 0.1) is 11.8 Å². The zero-order chi connectivity index (χ0) is 15.1. The summed E-state index contributed by atoms with van der Waals surface area (Å²) in [5, 5.41) is 8.72. The number of thiophene rings is 1. The lowest BCUT2D eigenvalue weighted by molar-refractivity contribution is 0.305. The largest absolute Gasteiger partial charge is 0.497 e. The van der Waals surface area contributed by atoms with Crippen LogP contribution in [-0.4, -0.2) is 25.9 Å². The van der Waals surface area contributed by atoms with E-state index in [9.17, 15) is 0 Å². The molecule has 0 unspecified atom stereocenters. The number of aliphatic hydroxyl groups is 1. The van der Waals surface area contributed by atoms with Crippen LogP contribution in [0.1, 0.15) is 16.2 Å². The smallest absolute Gasteiger partial charge is 0.119 e. The van der Waals surface area contributed by atoms with E-state index in [1.165, 1.54) is 4.88 Å². The Bertz CT molecular complexity index is 622. The van der Waals surface area contributed by atoms with Crippen molar-refractivity contribution in [1.29, 1.82) is 0 Å². The number of methoxy groups -OCH3 is 1. The Hall–Kier alpha value is -1.96. The Balaban J connectivity index is 1.99. The SMILES string of the molecule is COc1ccc(N(C)Cc2ccc(C#CCCO)s2)cc1. The molecule has 21 heavy (non-hydrogen) atoms. The molecule has 1 N–H and O–H groups in total. The summed E-state index contributed by atoms with van der Waals surface area (Å²) in [5.41, 5.74) is 1.15. The van der Waals surface area contributed by atoms with E-state index in [2.05, 4.69) is 42.0 Å². The van der Waals surface area contributed by atoms with Gasteiger partial charge < -0.3 is 14.7 Å². The highest BCUT2D eigenvalue weighted by atomic mass is 32.1. The van der Waals surface area contributed by atoms with Crippen molar-refractivity contribution >= 4 is 17.0 Å². The average Bonchev–Trinajstić information content (AvgIpc) is 2.95. The van der Waals surface area contributed by atoms with Crippen molar-refractivity contribution in [2.75, 3.05) is 25.7 Å². The molecule has 0 amide bonds. The maximum absolute atomic E-state index is 8.72. The van der Waals surface area contributed by atoms with Gasteiger partial charge in [-0.15, -0.1) is 11.3 Å². The minimum atomic E-state index is 0.117. The van der Waals surface area contributed by atoms with Gasteiger partial charge >= 0.3 is 0 Å². The van der Waals surface area contributed by atoms with E-state index in [-0.39, 0.29) is 6.61 Å². The third-order valence-corrected chi connectivity index (χ3v) is 4.00. The highest BCUT2D eigenvalue weighted by Gasteiger charge is 2.04. The van der Waals surface area contributed by atoms with Crippen LogP contribution in [0.2, 0.25) is 0 Å². The molecule has 0 saturated heterocycles. The molecule has 2 rings (SSSR count). The van der Waals surface area contributed by atoms with Crippen molar-refractivity contribution in [2.45, 2.75) is 13.0 Å². The lowest BCUT2D eigenvalue weighted by Crippen LogP contribution is -2.15. The molecule has 0 aliphatic rings. The lowest BCUT2D eigenvalue weighted by Gasteiger charge is -2.18. The van der Waals surface area contributed by atoms with Crippen LogP contribution < -0.4 is 9.64 Å². The van der Waals surface area contributed by atoms with E-state index in [0.717, 1.165) is 22.9 Å². The molecule has 0 saturated carbocycles. The van der Waals surface area contributed by atoms with E-state index in [0.29, 0.717) is 6.42 Å². The molecule has 0 bridgehead atoms.